The van der Waals surface area contributed by atoms with E-state index in [1.807, 2.05) is 13.8 Å². The molecule has 0 aromatic heterocycles. The number of ketones is 2. The third-order valence-corrected chi connectivity index (χ3v) is 10.2. The quantitative estimate of drug-likeness (QED) is 0.632. The van der Waals surface area contributed by atoms with E-state index in [1.165, 1.54) is 12.2 Å². The molecule has 6 unspecified atom stereocenters. The highest BCUT2D eigenvalue weighted by atomic mass is 19.1. The molecule has 7 nitrogen and oxygen atoms in total. The maximum absolute atomic E-state index is 15.6. The van der Waals surface area contributed by atoms with Gasteiger partial charge in [0, 0.05) is 24.4 Å². The van der Waals surface area contributed by atoms with E-state index in [9.17, 15) is 24.6 Å². The summed E-state index contributed by atoms with van der Waals surface area (Å²) in [5.41, 5.74) is -2.06. The fourth-order valence-corrected chi connectivity index (χ4v) is 8.97. The van der Waals surface area contributed by atoms with Crippen LogP contribution in [-0.2, 0) is 14.3 Å². The Bertz CT molecular complexity index is 1020. The van der Waals surface area contributed by atoms with E-state index in [-0.39, 0.29) is 54.3 Å². The number of fused-ring (bicyclic) bond motifs is 7. The Morgan fingerprint density at radius 2 is 2.00 bits per heavy atom. The predicted octanol–water partition coefficient (Wildman–Crippen LogP) is 2.85. The van der Waals surface area contributed by atoms with E-state index in [2.05, 4.69) is 0 Å². The van der Waals surface area contributed by atoms with Crippen molar-refractivity contribution < 1.29 is 33.7 Å². The Balaban J connectivity index is 1.55. The van der Waals surface area contributed by atoms with Gasteiger partial charge in [-0.1, -0.05) is 19.9 Å². The third kappa shape index (κ3) is 3.18. The zero-order valence-corrected chi connectivity index (χ0v) is 20.9. The van der Waals surface area contributed by atoms with E-state index in [0.29, 0.717) is 25.0 Å². The number of hydrogen-bond donors (Lipinski definition) is 2. The molecule has 3 saturated carbocycles. The average Bonchev–Trinajstić information content (AvgIpc) is 3.27. The third-order valence-electron chi connectivity index (χ3n) is 10.2. The van der Waals surface area contributed by atoms with Crippen LogP contribution in [0.5, 0.6) is 0 Å². The van der Waals surface area contributed by atoms with Gasteiger partial charge in [-0.3, -0.25) is 9.59 Å². The Hall–Kier alpha value is -2.06. The van der Waals surface area contributed by atoms with Gasteiger partial charge in [0.1, 0.15) is 12.8 Å². The second-order valence-corrected chi connectivity index (χ2v) is 12.1. The van der Waals surface area contributed by atoms with Crippen molar-refractivity contribution in [3.63, 3.8) is 0 Å². The standard InChI is InChI=1S/C27H36FNO6/c1-14(2)35-24(34)29-11-15-7-18-17-9-20(28)19-8-16(31)5-6-25(19,3)23(17)21(32)10-26(18,4)27(15,13-29)22(33)12-30/h5-6,8,14-15,17-18,20-21,23,30,32H,7,9-13H2,1-4H3/t15-,17?,18?,20-,21?,23?,25?,26?,27+/m0/s1. The maximum atomic E-state index is 15.6. The van der Waals surface area contributed by atoms with Gasteiger partial charge in [-0.15, -0.1) is 0 Å². The first-order chi connectivity index (χ1) is 16.4. The summed E-state index contributed by atoms with van der Waals surface area (Å²) in [6.45, 7) is 7.27. The van der Waals surface area contributed by atoms with Crippen LogP contribution in [0.25, 0.3) is 0 Å². The second kappa shape index (κ2) is 7.97. The minimum absolute atomic E-state index is 0.0534. The summed E-state index contributed by atoms with van der Waals surface area (Å²) >= 11 is 0. The molecular weight excluding hydrogens is 453 g/mol. The van der Waals surface area contributed by atoms with E-state index in [4.69, 9.17) is 4.74 Å². The number of hydrogen-bond acceptors (Lipinski definition) is 6. The molecule has 1 saturated heterocycles. The summed E-state index contributed by atoms with van der Waals surface area (Å²) in [5, 5.41) is 21.6. The van der Waals surface area contributed by atoms with Crippen molar-refractivity contribution in [3.05, 3.63) is 23.8 Å². The molecule has 5 rings (SSSR count). The lowest BCUT2D eigenvalue weighted by Gasteiger charge is -2.60. The van der Waals surface area contributed by atoms with E-state index < -0.39 is 41.2 Å². The number of alkyl halides is 1. The largest absolute Gasteiger partial charge is 0.447 e. The number of likely N-dealkylation sites (tertiary alicyclic amines) is 1. The summed E-state index contributed by atoms with van der Waals surface area (Å²) in [4.78, 5) is 39.8. The van der Waals surface area contributed by atoms with Crippen LogP contribution in [0.15, 0.2) is 23.8 Å². The van der Waals surface area contributed by atoms with Gasteiger partial charge in [0.25, 0.3) is 0 Å². The Morgan fingerprint density at radius 1 is 1.29 bits per heavy atom. The number of carbonyl (C=O) groups is 3. The van der Waals surface area contributed by atoms with Crippen LogP contribution in [0.2, 0.25) is 0 Å². The lowest BCUT2D eigenvalue weighted by atomic mass is 9.44. The number of aliphatic hydroxyl groups excluding tert-OH is 2. The summed E-state index contributed by atoms with van der Waals surface area (Å²) in [7, 11) is 0. The molecule has 9 atom stereocenters. The first-order valence-electron chi connectivity index (χ1n) is 12.8. The van der Waals surface area contributed by atoms with Crippen molar-refractivity contribution in [1.29, 1.82) is 0 Å². The van der Waals surface area contributed by atoms with E-state index in [1.54, 1.807) is 24.8 Å². The zero-order chi connectivity index (χ0) is 25.5. The molecule has 0 spiro atoms. The van der Waals surface area contributed by atoms with Crippen LogP contribution >= 0.6 is 0 Å². The Labute approximate surface area is 205 Å². The highest BCUT2D eigenvalue weighted by Crippen LogP contribution is 2.72. The van der Waals surface area contributed by atoms with Crippen LogP contribution in [0, 0.1) is 39.9 Å². The number of amides is 1. The number of halogens is 1. The summed E-state index contributed by atoms with van der Waals surface area (Å²) < 4.78 is 21.0. The van der Waals surface area contributed by atoms with Gasteiger partial charge >= 0.3 is 6.09 Å². The molecule has 0 bridgehead atoms. The van der Waals surface area contributed by atoms with Crippen LogP contribution in [0.4, 0.5) is 9.18 Å². The summed E-state index contributed by atoms with van der Waals surface area (Å²) in [6, 6.07) is 0. The van der Waals surface area contributed by atoms with Crippen LogP contribution < -0.4 is 0 Å². The molecule has 2 N–H and O–H groups in total. The van der Waals surface area contributed by atoms with Gasteiger partial charge in [0.15, 0.2) is 11.6 Å². The van der Waals surface area contributed by atoms with Crippen molar-refractivity contribution in [2.75, 3.05) is 19.7 Å². The molecule has 1 aliphatic heterocycles. The molecule has 8 heteroatoms. The molecule has 1 amide bonds. The van der Waals surface area contributed by atoms with Crippen LogP contribution in [0.3, 0.4) is 0 Å². The van der Waals surface area contributed by atoms with Crippen molar-refractivity contribution in [2.24, 2.45) is 39.9 Å². The van der Waals surface area contributed by atoms with Crippen molar-refractivity contribution in [3.8, 4) is 0 Å². The number of allylic oxidation sites excluding steroid dienone is 4. The van der Waals surface area contributed by atoms with Crippen molar-refractivity contribution in [2.45, 2.75) is 65.3 Å². The average molecular weight is 490 g/mol. The van der Waals surface area contributed by atoms with Crippen LogP contribution in [-0.4, -0.2) is 70.8 Å². The fourth-order valence-electron chi connectivity index (χ4n) is 8.97. The molecule has 0 aromatic carbocycles. The monoisotopic (exact) mass is 489 g/mol. The second-order valence-electron chi connectivity index (χ2n) is 12.1. The fraction of sp³-hybridized carbons (Fsp3) is 0.741. The summed E-state index contributed by atoms with van der Waals surface area (Å²) in [6.07, 6.45) is 2.85. The summed E-state index contributed by atoms with van der Waals surface area (Å²) in [5.74, 6) is -1.27. The minimum atomic E-state index is -1.30. The number of nitrogens with zero attached hydrogens (tertiary/aromatic N) is 1. The van der Waals surface area contributed by atoms with E-state index >= 15 is 4.39 Å². The minimum Gasteiger partial charge on any atom is -0.447 e. The number of ether oxygens (including phenoxy) is 1. The Kier molecular flexibility index (Phi) is 5.61. The number of rotatable bonds is 3. The van der Waals surface area contributed by atoms with Gasteiger partial charge in [-0.25, -0.2) is 9.18 Å². The number of Topliss-reactive ketones (excluding diaryl/α,β-unsaturated/α-hetero) is 1. The smallest absolute Gasteiger partial charge is 0.410 e. The molecule has 192 valence electrons. The molecule has 1 heterocycles. The van der Waals surface area contributed by atoms with Gasteiger partial charge in [-0.05, 0) is 74.0 Å². The Morgan fingerprint density at radius 3 is 2.66 bits per heavy atom. The van der Waals surface area contributed by atoms with Crippen molar-refractivity contribution >= 4 is 17.7 Å². The predicted molar refractivity (Wildman–Crippen MR) is 125 cm³/mol. The SMILES string of the molecule is CC(C)OC(=O)N1C[C@@H]2CC3C4C[C@H](F)C5=CC(=O)C=CC5(C)C4C(O)CC3(C)[C@]2(C(=O)CO)C1. The van der Waals surface area contributed by atoms with Gasteiger partial charge in [0.2, 0.25) is 0 Å². The first kappa shape index (κ1) is 24.6. The first-order valence-corrected chi connectivity index (χ1v) is 12.8. The van der Waals surface area contributed by atoms with Gasteiger partial charge < -0.3 is 19.8 Å². The lowest BCUT2D eigenvalue weighted by Crippen LogP contribution is -2.61. The van der Waals surface area contributed by atoms with E-state index in [0.717, 1.165) is 0 Å². The number of carbonyl (C=O) groups excluding carboxylic acids is 3. The zero-order valence-electron chi connectivity index (χ0n) is 20.9. The molecule has 0 radical (unpaired) electrons. The van der Waals surface area contributed by atoms with Gasteiger partial charge in [-0.2, -0.15) is 0 Å². The number of aliphatic hydroxyl groups is 2. The molecule has 35 heavy (non-hydrogen) atoms. The molecule has 4 fully saturated rings. The topological polar surface area (TPSA) is 104 Å². The van der Waals surface area contributed by atoms with Gasteiger partial charge in [0.05, 0.1) is 17.6 Å². The highest BCUT2D eigenvalue weighted by molar-refractivity contribution is 6.01. The molecular formula is C27H36FNO6. The molecule has 0 aromatic rings. The maximum Gasteiger partial charge on any atom is 0.410 e. The highest BCUT2D eigenvalue weighted by Gasteiger charge is 2.74. The lowest BCUT2D eigenvalue weighted by molar-refractivity contribution is -0.161. The normalized spacial score (nSPS) is 46.0. The van der Waals surface area contributed by atoms with Crippen molar-refractivity contribution in [1.82, 2.24) is 4.90 Å². The molecule has 5 aliphatic rings. The van der Waals surface area contributed by atoms with Crippen LogP contribution in [0.1, 0.15) is 47.0 Å². The molecule has 4 aliphatic carbocycles.